The van der Waals surface area contributed by atoms with Crippen molar-refractivity contribution in [3.05, 3.63) is 30.2 Å². The molecule has 0 aliphatic carbocycles. The van der Waals surface area contributed by atoms with Gasteiger partial charge in [-0.25, -0.2) is 13.8 Å². The van der Waals surface area contributed by atoms with Gasteiger partial charge >= 0.3 is 12.1 Å². The van der Waals surface area contributed by atoms with Gasteiger partial charge in [-0.1, -0.05) is 20.3 Å². The van der Waals surface area contributed by atoms with E-state index in [1.807, 2.05) is 13.8 Å². The lowest BCUT2D eigenvalue weighted by Gasteiger charge is -2.16. The zero-order chi connectivity index (χ0) is 24.4. The van der Waals surface area contributed by atoms with Crippen molar-refractivity contribution in [3.8, 4) is 11.3 Å². The fourth-order valence-electron chi connectivity index (χ4n) is 3.35. The molecule has 1 aromatic carbocycles. The number of methoxy groups -OCH3 is 1. The van der Waals surface area contributed by atoms with E-state index in [1.165, 1.54) is 17.3 Å². The number of esters is 1. The summed E-state index contributed by atoms with van der Waals surface area (Å²) < 4.78 is 24.7. The fraction of sp³-hybridized carbons (Fsp3) is 0.455. The molecule has 2 aromatic rings. The van der Waals surface area contributed by atoms with E-state index >= 15 is 0 Å². The van der Waals surface area contributed by atoms with Crippen molar-refractivity contribution in [2.75, 3.05) is 24.4 Å². The van der Waals surface area contributed by atoms with Gasteiger partial charge in [-0.15, -0.1) is 3.89 Å². The monoisotopic (exact) mass is 480 g/mol. The summed E-state index contributed by atoms with van der Waals surface area (Å²) in [7, 11) is 1.24. The Hall–Kier alpha value is -3.08. The number of aromatic nitrogens is 2. The standard InChI is InChI=1S/C20H23FN4O5S.C2H6/c1-3-30-19(27)14-6-4-5-7-17(26)23-15-10-12(22-20(28)29-2)8-9-13(15)16-11-25(31-21)18(14)24-16;1-2/h8-11,14H,3-7H2,1-2H3,(H,22,28)(H,23,26);1-2H3. The number of nitrogens with zero attached hydrogens (tertiary/aromatic N) is 2. The number of benzene rings is 1. The van der Waals surface area contributed by atoms with Gasteiger partial charge in [-0.2, -0.15) is 0 Å². The van der Waals surface area contributed by atoms with Crippen LogP contribution in [0.5, 0.6) is 0 Å². The van der Waals surface area contributed by atoms with Crippen LogP contribution in [0.15, 0.2) is 24.4 Å². The summed E-state index contributed by atoms with van der Waals surface area (Å²) in [6, 6.07) is 4.82. The second-order valence-electron chi connectivity index (χ2n) is 6.85. The number of carbonyl (C=O) groups excluding carboxylic acids is 3. The SMILES string of the molecule is CC.CCOC(=O)C1CCCCC(=O)Nc2cc(NC(=O)OC)ccc2-c2cn(SF)c1n2. The smallest absolute Gasteiger partial charge is 0.411 e. The number of imidazole rings is 1. The minimum atomic E-state index is -0.747. The van der Waals surface area contributed by atoms with Gasteiger partial charge in [0.2, 0.25) is 5.91 Å². The highest BCUT2D eigenvalue weighted by atomic mass is 32.2. The average Bonchev–Trinajstić information content (AvgIpc) is 3.23. The molecule has 2 amide bonds. The second-order valence-corrected chi connectivity index (χ2v) is 7.39. The third-order valence-electron chi connectivity index (χ3n) is 4.81. The Labute approximate surface area is 196 Å². The summed E-state index contributed by atoms with van der Waals surface area (Å²) >= 11 is -0.0621. The zero-order valence-electron chi connectivity index (χ0n) is 19.1. The number of hydrogen-bond acceptors (Lipinski definition) is 7. The van der Waals surface area contributed by atoms with Crippen LogP contribution in [0.3, 0.4) is 0 Å². The number of ether oxygens (including phenoxy) is 2. The lowest BCUT2D eigenvalue weighted by atomic mass is 10.00. The Morgan fingerprint density at radius 3 is 2.76 bits per heavy atom. The van der Waals surface area contributed by atoms with E-state index in [4.69, 9.17) is 4.74 Å². The highest BCUT2D eigenvalue weighted by molar-refractivity contribution is 7.92. The molecule has 2 heterocycles. The van der Waals surface area contributed by atoms with Crippen molar-refractivity contribution >= 4 is 41.7 Å². The molecule has 1 aliphatic heterocycles. The fourth-order valence-corrected chi connectivity index (χ4v) is 3.73. The van der Waals surface area contributed by atoms with Crippen molar-refractivity contribution < 1.29 is 27.7 Å². The molecule has 0 fully saturated rings. The van der Waals surface area contributed by atoms with Crippen LogP contribution >= 0.6 is 12.3 Å². The minimum Gasteiger partial charge on any atom is -0.465 e. The molecular weight excluding hydrogens is 451 g/mol. The minimum absolute atomic E-state index is 0.0621. The van der Waals surface area contributed by atoms with Crippen LogP contribution in [0.25, 0.3) is 11.3 Å². The second kappa shape index (κ2) is 12.8. The van der Waals surface area contributed by atoms with Crippen LogP contribution in [0.1, 0.15) is 58.2 Å². The zero-order valence-corrected chi connectivity index (χ0v) is 20.0. The topological polar surface area (TPSA) is 112 Å². The normalized spacial score (nSPS) is 15.4. The first-order valence-corrected chi connectivity index (χ1v) is 11.5. The number of fused-ring (bicyclic) bond motifs is 4. The van der Waals surface area contributed by atoms with E-state index in [1.54, 1.807) is 25.1 Å². The molecule has 3 rings (SSSR count). The first kappa shape index (κ1) is 26.2. The van der Waals surface area contributed by atoms with Crippen molar-refractivity contribution in [3.63, 3.8) is 0 Å². The summed E-state index contributed by atoms with van der Waals surface area (Å²) in [5, 5.41) is 5.37. The van der Waals surface area contributed by atoms with Gasteiger partial charge in [0.25, 0.3) is 0 Å². The van der Waals surface area contributed by atoms with Gasteiger partial charge in [-0.3, -0.25) is 14.9 Å². The molecule has 1 aromatic heterocycles. The number of anilines is 2. The maximum Gasteiger partial charge on any atom is 0.411 e. The highest BCUT2D eigenvalue weighted by Gasteiger charge is 2.29. The van der Waals surface area contributed by atoms with Gasteiger partial charge in [0.05, 0.1) is 25.1 Å². The van der Waals surface area contributed by atoms with E-state index < -0.39 is 18.0 Å². The molecule has 180 valence electrons. The summed E-state index contributed by atoms with van der Waals surface area (Å²) in [4.78, 5) is 41.0. The van der Waals surface area contributed by atoms with Gasteiger partial charge in [0, 0.05) is 23.9 Å². The predicted octanol–water partition coefficient (Wildman–Crippen LogP) is 5.29. The third kappa shape index (κ3) is 6.70. The van der Waals surface area contributed by atoms with Gasteiger partial charge in [0.1, 0.15) is 11.7 Å². The molecule has 0 saturated heterocycles. The van der Waals surface area contributed by atoms with Gasteiger partial charge in [0.15, 0.2) is 12.3 Å². The molecule has 9 nitrogen and oxygen atoms in total. The van der Waals surface area contributed by atoms with Crippen molar-refractivity contribution in [2.45, 2.75) is 52.4 Å². The number of rotatable bonds is 4. The van der Waals surface area contributed by atoms with Crippen molar-refractivity contribution in [1.29, 1.82) is 0 Å². The van der Waals surface area contributed by atoms with Gasteiger partial charge < -0.3 is 14.8 Å². The molecule has 2 N–H and O–H groups in total. The van der Waals surface area contributed by atoms with Crippen LogP contribution < -0.4 is 10.6 Å². The van der Waals surface area contributed by atoms with Gasteiger partial charge in [-0.05, 0) is 38.0 Å². The van der Waals surface area contributed by atoms with Crippen LogP contribution in [-0.4, -0.2) is 40.6 Å². The van der Waals surface area contributed by atoms with E-state index in [-0.39, 0.29) is 37.1 Å². The Bertz CT molecular complexity index is 982. The largest absolute Gasteiger partial charge is 0.465 e. The number of hydrogen-bond donors (Lipinski definition) is 2. The first-order chi connectivity index (χ1) is 16.0. The Balaban J connectivity index is 0.00000187. The van der Waals surface area contributed by atoms with Crippen molar-refractivity contribution in [1.82, 2.24) is 8.96 Å². The summed E-state index contributed by atoms with van der Waals surface area (Å²) in [5.74, 6) is -1.20. The van der Waals surface area contributed by atoms with E-state index in [9.17, 15) is 18.3 Å². The van der Waals surface area contributed by atoms with Crippen LogP contribution in [0.4, 0.5) is 20.1 Å². The lowest BCUT2D eigenvalue weighted by Crippen LogP contribution is -2.19. The third-order valence-corrected chi connectivity index (χ3v) is 5.25. The molecule has 2 bridgehead atoms. The molecule has 11 heteroatoms. The van der Waals surface area contributed by atoms with E-state index in [0.717, 1.165) is 0 Å². The number of amides is 2. The molecule has 0 radical (unpaired) electrons. The molecule has 0 saturated carbocycles. The molecule has 1 unspecified atom stereocenters. The molecule has 33 heavy (non-hydrogen) atoms. The van der Waals surface area contributed by atoms with Crippen LogP contribution in [0.2, 0.25) is 0 Å². The lowest BCUT2D eigenvalue weighted by molar-refractivity contribution is -0.145. The molecule has 1 aliphatic rings. The number of halogens is 1. The molecular formula is C22H29FN4O5S. The van der Waals surface area contributed by atoms with Crippen LogP contribution in [-0.2, 0) is 19.1 Å². The maximum atomic E-state index is 13.7. The molecule has 0 spiro atoms. The first-order valence-electron chi connectivity index (χ1n) is 10.8. The predicted molar refractivity (Wildman–Crippen MR) is 126 cm³/mol. The Morgan fingerprint density at radius 1 is 1.33 bits per heavy atom. The molecule has 1 atom stereocenters. The summed E-state index contributed by atoms with van der Waals surface area (Å²) in [6.07, 6.45) is 2.54. The van der Waals surface area contributed by atoms with E-state index in [2.05, 4.69) is 20.4 Å². The van der Waals surface area contributed by atoms with Crippen molar-refractivity contribution in [2.24, 2.45) is 0 Å². The average molecular weight is 481 g/mol. The quantitative estimate of drug-likeness (QED) is 0.572. The highest BCUT2D eigenvalue weighted by Crippen LogP contribution is 2.35. The van der Waals surface area contributed by atoms with Crippen LogP contribution in [0, 0.1) is 0 Å². The maximum absolute atomic E-state index is 13.7. The summed E-state index contributed by atoms with van der Waals surface area (Å²) in [6.45, 7) is 5.91. The Morgan fingerprint density at radius 2 is 2.09 bits per heavy atom. The van der Waals surface area contributed by atoms with E-state index in [0.29, 0.717) is 41.9 Å². The number of carbonyl (C=O) groups is 3. The number of nitrogens with one attached hydrogen (secondary N) is 2. The summed E-state index contributed by atoms with van der Waals surface area (Å²) in [5.41, 5.74) is 1.69. The Kier molecular flexibility index (Phi) is 10.2.